The quantitative estimate of drug-likeness (QED) is 0.811. The van der Waals surface area contributed by atoms with Crippen LogP contribution >= 0.6 is 11.6 Å². The zero-order valence-corrected chi connectivity index (χ0v) is 13.9. The molecule has 2 aromatic rings. The van der Waals surface area contributed by atoms with Gasteiger partial charge in [0.1, 0.15) is 5.75 Å². The minimum atomic E-state index is -3.59. The number of halogens is 1. The van der Waals surface area contributed by atoms with Crippen molar-refractivity contribution in [2.75, 3.05) is 20.7 Å². The van der Waals surface area contributed by atoms with Gasteiger partial charge in [-0.2, -0.15) is 0 Å². The van der Waals surface area contributed by atoms with Crippen molar-refractivity contribution in [2.45, 2.75) is 11.3 Å². The maximum Gasteiger partial charge on any atom is 0.242 e. The summed E-state index contributed by atoms with van der Waals surface area (Å²) in [5.41, 5.74) is 0.845. The zero-order valence-electron chi connectivity index (χ0n) is 12.4. The number of pyridine rings is 1. The van der Waals surface area contributed by atoms with Gasteiger partial charge in [-0.05, 0) is 30.3 Å². The van der Waals surface area contributed by atoms with Gasteiger partial charge in [-0.25, -0.2) is 12.7 Å². The second-order valence-corrected chi connectivity index (χ2v) is 7.15. The summed E-state index contributed by atoms with van der Waals surface area (Å²) in [5, 5.41) is 0.265. The molecular formula is C15H17ClN2O3S. The van der Waals surface area contributed by atoms with Gasteiger partial charge in [-0.15, -0.1) is 0 Å². The first-order chi connectivity index (χ1) is 10.4. The third-order valence-electron chi connectivity index (χ3n) is 3.24. The van der Waals surface area contributed by atoms with Gasteiger partial charge in [0.15, 0.2) is 0 Å². The Hall–Kier alpha value is -1.63. The summed E-state index contributed by atoms with van der Waals surface area (Å²) in [7, 11) is -0.572. The number of nitrogens with zero attached hydrogens (tertiary/aromatic N) is 2. The van der Waals surface area contributed by atoms with Crippen molar-refractivity contribution in [3.05, 3.63) is 53.3 Å². The third-order valence-corrected chi connectivity index (χ3v) is 5.39. The first-order valence-corrected chi connectivity index (χ1v) is 8.46. The van der Waals surface area contributed by atoms with E-state index in [1.807, 2.05) is 18.2 Å². The van der Waals surface area contributed by atoms with Crippen LogP contribution in [0, 0.1) is 0 Å². The Bertz CT molecular complexity index is 736. The molecule has 0 aliphatic rings. The van der Waals surface area contributed by atoms with Gasteiger partial charge < -0.3 is 4.74 Å². The molecule has 7 heteroatoms. The van der Waals surface area contributed by atoms with E-state index in [0.29, 0.717) is 18.7 Å². The summed E-state index contributed by atoms with van der Waals surface area (Å²) >= 11 is 6.00. The van der Waals surface area contributed by atoms with Gasteiger partial charge in [-0.3, -0.25) is 4.98 Å². The van der Waals surface area contributed by atoms with E-state index in [2.05, 4.69) is 4.98 Å². The molecule has 0 N–H and O–H groups in total. The van der Waals surface area contributed by atoms with Crippen LogP contribution in [0.4, 0.5) is 0 Å². The largest absolute Gasteiger partial charge is 0.495 e. The normalized spacial score (nSPS) is 11.6. The molecule has 0 unspecified atom stereocenters. The molecule has 0 bridgehead atoms. The topological polar surface area (TPSA) is 59.5 Å². The molecule has 0 aliphatic heterocycles. The Morgan fingerprint density at radius 2 is 2.05 bits per heavy atom. The van der Waals surface area contributed by atoms with Crippen molar-refractivity contribution in [1.29, 1.82) is 0 Å². The Morgan fingerprint density at radius 1 is 1.27 bits per heavy atom. The highest BCUT2D eigenvalue weighted by atomic mass is 35.5. The van der Waals surface area contributed by atoms with Crippen molar-refractivity contribution < 1.29 is 13.2 Å². The number of benzene rings is 1. The highest BCUT2D eigenvalue weighted by molar-refractivity contribution is 7.89. The fraction of sp³-hybridized carbons (Fsp3) is 0.267. The molecule has 0 saturated heterocycles. The fourth-order valence-electron chi connectivity index (χ4n) is 1.93. The van der Waals surface area contributed by atoms with Gasteiger partial charge in [0, 0.05) is 31.9 Å². The minimum Gasteiger partial charge on any atom is -0.495 e. The lowest BCUT2D eigenvalue weighted by Crippen LogP contribution is -2.29. The van der Waals surface area contributed by atoms with Crippen LogP contribution in [0.1, 0.15) is 5.69 Å². The van der Waals surface area contributed by atoms with Crippen LogP contribution in [-0.4, -0.2) is 38.4 Å². The van der Waals surface area contributed by atoms with Crippen molar-refractivity contribution in [3.8, 4) is 5.75 Å². The van der Waals surface area contributed by atoms with Gasteiger partial charge in [-0.1, -0.05) is 17.7 Å². The number of hydrogen-bond acceptors (Lipinski definition) is 4. The van der Waals surface area contributed by atoms with Gasteiger partial charge in [0.05, 0.1) is 17.0 Å². The van der Waals surface area contributed by atoms with E-state index in [1.165, 1.54) is 30.6 Å². The first-order valence-electron chi connectivity index (χ1n) is 6.65. The van der Waals surface area contributed by atoms with Crippen LogP contribution in [0.25, 0.3) is 0 Å². The molecule has 0 aliphatic carbocycles. The van der Waals surface area contributed by atoms with E-state index in [4.69, 9.17) is 16.3 Å². The molecule has 0 radical (unpaired) electrons. The Morgan fingerprint density at radius 3 is 2.64 bits per heavy atom. The lowest BCUT2D eigenvalue weighted by atomic mass is 10.3. The highest BCUT2D eigenvalue weighted by Gasteiger charge is 2.21. The number of sulfonamides is 1. The number of hydrogen-bond donors (Lipinski definition) is 0. The molecule has 22 heavy (non-hydrogen) atoms. The maximum atomic E-state index is 12.5. The zero-order chi connectivity index (χ0) is 16.2. The maximum absolute atomic E-state index is 12.5. The molecule has 0 saturated carbocycles. The van der Waals surface area contributed by atoms with E-state index in [1.54, 1.807) is 12.3 Å². The molecule has 2 rings (SSSR count). The average Bonchev–Trinajstić information content (AvgIpc) is 2.53. The molecule has 1 heterocycles. The van der Waals surface area contributed by atoms with Crippen LogP contribution < -0.4 is 4.74 Å². The average molecular weight is 341 g/mol. The van der Waals surface area contributed by atoms with Gasteiger partial charge in [0.2, 0.25) is 10.0 Å². The summed E-state index contributed by atoms with van der Waals surface area (Å²) < 4.78 is 31.3. The van der Waals surface area contributed by atoms with Crippen LogP contribution in [0.2, 0.25) is 5.02 Å². The predicted octanol–water partition coefficient (Wildman–Crippen LogP) is 2.61. The number of aromatic nitrogens is 1. The molecule has 118 valence electrons. The van der Waals surface area contributed by atoms with E-state index in [0.717, 1.165) is 5.69 Å². The number of rotatable bonds is 6. The molecule has 0 spiro atoms. The first kappa shape index (κ1) is 16.7. The van der Waals surface area contributed by atoms with Gasteiger partial charge >= 0.3 is 0 Å². The van der Waals surface area contributed by atoms with Crippen molar-refractivity contribution in [3.63, 3.8) is 0 Å². The van der Waals surface area contributed by atoms with Crippen LogP contribution in [0.15, 0.2) is 47.5 Å². The summed E-state index contributed by atoms with van der Waals surface area (Å²) in [6.45, 7) is 0.336. The summed E-state index contributed by atoms with van der Waals surface area (Å²) in [5.74, 6) is 0.441. The number of likely N-dealkylation sites (N-methyl/N-ethyl adjacent to an activating group) is 1. The van der Waals surface area contributed by atoms with E-state index >= 15 is 0 Å². The molecule has 1 aromatic carbocycles. The third kappa shape index (κ3) is 3.76. The standard InChI is InChI=1S/C15H17ClN2O3S/c1-18(10-8-12-5-3-4-9-17-12)22(19,20)13-6-7-15(21-2)14(16)11-13/h3-7,9,11H,8,10H2,1-2H3. The summed E-state index contributed by atoms with van der Waals surface area (Å²) in [6.07, 6.45) is 2.23. The number of ether oxygens (including phenoxy) is 1. The lowest BCUT2D eigenvalue weighted by molar-refractivity contribution is 0.414. The predicted molar refractivity (Wildman–Crippen MR) is 85.8 cm³/mol. The van der Waals surface area contributed by atoms with Crippen molar-refractivity contribution in [2.24, 2.45) is 0 Å². The van der Waals surface area contributed by atoms with Crippen molar-refractivity contribution in [1.82, 2.24) is 9.29 Å². The van der Waals surface area contributed by atoms with E-state index < -0.39 is 10.0 Å². The Kier molecular flexibility index (Phi) is 5.39. The highest BCUT2D eigenvalue weighted by Crippen LogP contribution is 2.28. The Balaban J connectivity index is 2.13. The second kappa shape index (κ2) is 7.09. The Labute approximate surface area is 135 Å². The monoisotopic (exact) mass is 340 g/mol. The number of methoxy groups -OCH3 is 1. The molecule has 5 nitrogen and oxygen atoms in total. The fourth-order valence-corrected chi connectivity index (χ4v) is 3.45. The second-order valence-electron chi connectivity index (χ2n) is 4.69. The summed E-state index contributed by atoms with van der Waals surface area (Å²) in [6, 6.07) is 9.99. The molecule has 0 fully saturated rings. The summed E-state index contributed by atoms with van der Waals surface area (Å²) in [4.78, 5) is 4.32. The van der Waals surface area contributed by atoms with E-state index in [-0.39, 0.29) is 9.92 Å². The van der Waals surface area contributed by atoms with Crippen LogP contribution in [0.5, 0.6) is 5.75 Å². The molecular weight excluding hydrogens is 324 g/mol. The van der Waals surface area contributed by atoms with Crippen molar-refractivity contribution >= 4 is 21.6 Å². The lowest BCUT2D eigenvalue weighted by Gasteiger charge is -2.17. The smallest absolute Gasteiger partial charge is 0.242 e. The SMILES string of the molecule is COc1ccc(S(=O)(=O)N(C)CCc2ccccn2)cc1Cl. The minimum absolute atomic E-state index is 0.141. The molecule has 0 atom stereocenters. The molecule has 0 amide bonds. The van der Waals surface area contributed by atoms with Crippen LogP contribution in [0.3, 0.4) is 0 Å². The molecule has 1 aromatic heterocycles. The van der Waals surface area contributed by atoms with Gasteiger partial charge in [0.25, 0.3) is 0 Å². The van der Waals surface area contributed by atoms with E-state index in [9.17, 15) is 8.42 Å². The van der Waals surface area contributed by atoms with Crippen LogP contribution in [-0.2, 0) is 16.4 Å².